The fraction of sp³-hybridized carbons (Fsp3) is 0.357. The van der Waals surface area contributed by atoms with E-state index in [-0.39, 0.29) is 11.9 Å². The maximum absolute atomic E-state index is 13.6. The molecule has 0 radical (unpaired) electrons. The van der Waals surface area contributed by atoms with Gasteiger partial charge in [-0.25, -0.2) is 9.37 Å². The number of anilines is 1. The predicted octanol–water partition coefficient (Wildman–Crippen LogP) is 3.37. The lowest BCUT2D eigenvalue weighted by Crippen LogP contribution is -2.11. The number of hydrogen-bond donors (Lipinski definition) is 1. The maximum Gasteiger partial charge on any atom is 0.203 e. The van der Waals surface area contributed by atoms with Crippen LogP contribution in [0.5, 0.6) is 0 Å². The zero-order valence-corrected chi connectivity index (χ0v) is 10.9. The summed E-state index contributed by atoms with van der Waals surface area (Å²) in [5.41, 5.74) is 1.61. The summed E-state index contributed by atoms with van der Waals surface area (Å²) in [7, 11) is 0. The summed E-state index contributed by atoms with van der Waals surface area (Å²) in [5, 5.41) is 3.19. The second-order valence-electron chi connectivity index (χ2n) is 4.37. The molecule has 1 aromatic heterocycles. The molecule has 1 atom stereocenters. The van der Waals surface area contributed by atoms with E-state index in [0.29, 0.717) is 5.56 Å². The molecule has 0 fully saturated rings. The second-order valence-corrected chi connectivity index (χ2v) is 4.37. The highest BCUT2D eigenvalue weighted by molar-refractivity contribution is 5.32. The Kier molecular flexibility index (Phi) is 3.65. The highest BCUT2D eigenvalue weighted by Gasteiger charge is 2.12. The maximum atomic E-state index is 13.6. The number of hydrogen-bond acceptors (Lipinski definition) is 2. The first-order valence-electron chi connectivity index (χ1n) is 6.16. The van der Waals surface area contributed by atoms with Gasteiger partial charge in [-0.15, -0.1) is 0 Å². The summed E-state index contributed by atoms with van der Waals surface area (Å²) in [6, 6.07) is 5.41. The third-order valence-corrected chi connectivity index (χ3v) is 3.10. The third-order valence-electron chi connectivity index (χ3n) is 3.10. The standard InChI is InChI=1S/C14H18FN3/c1-4-16-14-17-7-8-18(14)11(3)12-6-5-10(2)13(15)9-12/h5-9,11H,4H2,1-3H3,(H,16,17). The van der Waals surface area contributed by atoms with Crippen LogP contribution in [0.25, 0.3) is 0 Å². The van der Waals surface area contributed by atoms with Crippen LogP contribution in [0.3, 0.4) is 0 Å². The van der Waals surface area contributed by atoms with Gasteiger partial charge in [0.1, 0.15) is 5.82 Å². The van der Waals surface area contributed by atoms with Crippen molar-refractivity contribution >= 4 is 5.95 Å². The number of nitrogens with one attached hydrogen (secondary N) is 1. The topological polar surface area (TPSA) is 29.9 Å². The van der Waals surface area contributed by atoms with Gasteiger partial charge in [-0.05, 0) is 38.0 Å². The predicted molar refractivity (Wildman–Crippen MR) is 71.3 cm³/mol. The van der Waals surface area contributed by atoms with Crippen molar-refractivity contribution < 1.29 is 4.39 Å². The van der Waals surface area contributed by atoms with E-state index in [1.54, 1.807) is 19.2 Å². The van der Waals surface area contributed by atoms with Crippen LogP contribution < -0.4 is 5.32 Å². The van der Waals surface area contributed by atoms with Crippen LogP contribution in [-0.2, 0) is 0 Å². The third kappa shape index (κ3) is 2.37. The monoisotopic (exact) mass is 247 g/mol. The van der Waals surface area contributed by atoms with Crippen molar-refractivity contribution in [2.75, 3.05) is 11.9 Å². The van der Waals surface area contributed by atoms with Crippen molar-refractivity contribution in [2.24, 2.45) is 0 Å². The van der Waals surface area contributed by atoms with Crippen LogP contribution in [-0.4, -0.2) is 16.1 Å². The fourth-order valence-corrected chi connectivity index (χ4v) is 1.95. The normalized spacial score (nSPS) is 12.4. The summed E-state index contributed by atoms with van der Waals surface area (Å²) in [6.07, 6.45) is 3.65. The molecule has 18 heavy (non-hydrogen) atoms. The Balaban J connectivity index is 2.32. The van der Waals surface area contributed by atoms with E-state index in [9.17, 15) is 4.39 Å². The number of aryl methyl sites for hydroxylation is 1. The van der Waals surface area contributed by atoms with Gasteiger partial charge in [0.05, 0.1) is 6.04 Å². The number of aromatic nitrogens is 2. The van der Waals surface area contributed by atoms with Gasteiger partial charge in [-0.1, -0.05) is 12.1 Å². The van der Waals surface area contributed by atoms with Gasteiger partial charge in [0.15, 0.2) is 0 Å². The van der Waals surface area contributed by atoms with E-state index >= 15 is 0 Å². The number of benzene rings is 1. The molecule has 0 aliphatic rings. The largest absolute Gasteiger partial charge is 0.356 e. The lowest BCUT2D eigenvalue weighted by atomic mass is 10.1. The molecule has 0 amide bonds. The minimum Gasteiger partial charge on any atom is -0.356 e. The van der Waals surface area contributed by atoms with Crippen LogP contribution in [0.4, 0.5) is 10.3 Å². The van der Waals surface area contributed by atoms with Crippen molar-refractivity contribution in [1.82, 2.24) is 9.55 Å². The first-order valence-corrected chi connectivity index (χ1v) is 6.16. The molecule has 96 valence electrons. The average molecular weight is 247 g/mol. The van der Waals surface area contributed by atoms with Crippen molar-refractivity contribution in [3.63, 3.8) is 0 Å². The van der Waals surface area contributed by atoms with Crippen LogP contribution >= 0.6 is 0 Å². The molecule has 1 unspecified atom stereocenters. The summed E-state index contributed by atoms with van der Waals surface area (Å²) < 4.78 is 15.6. The fourth-order valence-electron chi connectivity index (χ4n) is 1.95. The Labute approximate surface area is 107 Å². The summed E-state index contributed by atoms with van der Waals surface area (Å²) >= 11 is 0. The Morgan fingerprint density at radius 3 is 2.89 bits per heavy atom. The van der Waals surface area contributed by atoms with Gasteiger partial charge in [-0.2, -0.15) is 0 Å². The van der Waals surface area contributed by atoms with Crippen LogP contribution in [0.1, 0.15) is 31.0 Å². The molecule has 0 aliphatic carbocycles. The molecular weight excluding hydrogens is 229 g/mol. The summed E-state index contributed by atoms with van der Waals surface area (Å²) in [4.78, 5) is 4.25. The van der Waals surface area contributed by atoms with Gasteiger partial charge in [0.25, 0.3) is 0 Å². The number of nitrogens with zero attached hydrogens (tertiary/aromatic N) is 2. The Morgan fingerprint density at radius 2 is 2.22 bits per heavy atom. The van der Waals surface area contributed by atoms with E-state index in [4.69, 9.17) is 0 Å². The van der Waals surface area contributed by atoms with Crippen LogP contribution in [0.2, 0.25) is 0 Å². The zero-order valence-electron chi connectivity index (χ0n) is 10.9. The van der Waals surface area contributed by atoms with Crippen LogP contribution in [0.15, 0.2) is 30.6 Å². The second kappa shape index (κ2) is 5.21. The lowest BCUT2D eigenvalue weighted by molar-refractivity contribution is 0.599. The molecule has 0 saturated carbocycles. The van der Waals surface area contributed by atoms with Crippen molar-refractivity contribution in [3.8, 4) is 0 Å². The number of imidazole rings is 1. The first-order chi connectivity index (χ1) is 8.63. The highest BCUT2D eigenvalue weighted by atomic mass is 19.1. The van der Waals surface area contributed by atoms with Gasteiger partial charge in [0.2, 0.25) is 5.95 Å². The molecule has 0 saturated heterocycles. The molecule has 1 heterocycles. The quantitative estimate of drug-likeness (QED) is 0.897. The summed E-state index contributed by atoms with van der Waals surface area (Å²) in [6.45, 7) is 6.64. The molecule has 1 N–H and O–H groups in total. The molecule has 2 rings (SSSR count). The Hall–Kier alpha value is -1.84. The van der Waals surface area contributed by atoms with Gasteiger partial charge in [-0.3, -0.25) is 0 Å². The molecule has 1 aromatic carbocycles. The Bertz CT molecular complexity index is 534. The molecule has 0 bridgehead atoms. The van der Waals surface area contributed by atoms with E-state index in [0.717, 1.165) is 18.1 Å². The zero-order chi connectivity index (χ0) is 13.1. The van der Waals surface area contributed by atoms with E-state index in [1.807, 2.05) is 36.7 Å². The van der Waals surface area contributed by atoms with E-state index < -0.39 is 0 Å². The lowest BCUT2D eigenvalue weighted by Gasteiger charge is -2.17. The van der Waals surface area contributed by atoms with E-state index in [2.05, 4.69) is 10.3 Å². The number of rotatable bonds is 4. The first kappa shape index (κ1) is 12.6. The van der Waals surface area contributed by atoms with Crippen LogP contribution in [0, 0.1) is 12.7 Å². The number of halogens is 1. The van der Waals surface area contributed by atoms with Gasteiger partial charge >= 0.3 is 0 Å². The van der Waals surface area contributed by atoms with Crippen molar-refractivity contribution in [3.05, 3.63) is 47.5 Å². The molecular formula is C14H18FN3. The summed E-state index contributed by atoms with van der Waals surface area (Å²) in [5.74, 6) is 0.649. The molecule has 0 spiro atoms. The van der Waals surface area contributed by atoms with Gasteiger partial charge < -0.3 is 9.88 Å². The minimum absolute atomic E-state index is 0.0525. The highest BCUT2D eigenvalue weighted by Crippen LogP contribution is 2.23. The SMILES string of the molecule is CCNc1nccn1C(C)c1ccc(C)c(F)c1. The Morgan fingerprint density at radius 1 is 1.44 bits per heavy atom. The smallest absolute Gasteiger partial charge is 0.203 e. The molecule has 2 aromatic rings. The molecule has 0 aliphatic heterocycles. The average Bonchev–Trinajstić information content (AvgIpc) is 2.80. The minimum atomic E-state index is -0.163. The van der Waals surface area contributed by atoms with Crippen molar-refractivity contribution in [1.29, 1.82) is 0 Å². The molecule has 3 nitrogen and oxygen atoms in total. The van der Waals surface area contributed by atoms with E-state index in [1.165, 1.54) is 0 Å². The van der Waals surface area contributed by atoms with Gasteiger partial charge in [0, 0.05) is 18.9 Å². The van der Waals surface area contributed by atoms with Crippen molar-refractivity contribution in [2.45, 2.75) is 26.8 Å². The molecule has 4 heteroatoms.